The highest BCUT2D eigenvalue weighted by Crippen LogP contribution is 2.23. The number of amides is 1. The second-order valence-electron chi connectivity index (χ2n) is 6.10. The number of nitrogens with one attached hydrogen (secondary N) is 2. The molecule has 1 aliphatic carbocycles. The van der Waals surface area contributed by atoms with Gasteiger partial charge in [-0.15, -0.1) is 0 Å². The summed E-state index contributed by atoms with van der Waals surface area (Å²) in [6, 6.07) is -1.26. The standard InChI is InChI=1S/C15H26N2O5S/c1-3-4-5-13(15(19)20)16-14(18)10-23(21,22)17-12-8-6-11(2)7-9-12/h3-4,11-13,17H,5-10H2,1-2H3,(H,16,18)(H,19,20)/b4-3+. The Balaban J connectivity index is 2.51. The number of carbonyl (C=O) groups is 2. The normalized spacial score (nSPS) is 23.6. The summed E-state index contributed by atoms with van der Waals surface area (Å²) >= 11 is 0. The molecule has 0 heterocycles. The van der Waals surface area contributed by atoms with Gasteiger partial charge in [-0.3, -0.25) is 4.79 Å². The Morgan fingerprint density at radius 3 is 2.39 bits per heavy atom. The molecule has 1 saturated carbocycles. The molecule has 0 bridgehead atoms. The fourth-order valence-corrected chi connectivity index (χ4v) is 3.83. The number of carbonyl (C=O) groups excluding carboxylic acids is 1. The smallest absolute Gasteiger partial charge is 0.326 e. The van der Waals surface area contributed by atoms with E-state index in [1.54, 1.807) is 19.1 Å². The molecule has 0 radical (unpaired) electrons. The average Bonchev–Trinajstić information content (AvgIpc) is 2.44. The largest absolute Gasteiger partial charge is 0.480 e. The summed E-state index contributed by atoms with van der Waals surface area (Å²) in [5.74, 6) is -2.15. The van der Waals surface area contributed by atoms with E-state index in [4.69, 9.17) is 5.11 Å². The first-order valence-corrected chi connectivity index (χ1v) is 9.52. The van der Waals surface area contributed by atoms with Crippen LogP contribution < -0.4 is 10.0 Å². The van der Waals surface area contributed by atoms with Crippen molar-refractivity contribution in [3.8, 4) is 0 Å². The number of carboxylic acid groups (broad SMARTS) is 1. The number of aliphatic carboxylic acids is 1. The van der Waals surface area contributed by atoms with E-state index in [9.17, 15) is 18.0 Å². The van der Waals surface area contributed by atoms with Gasteiger partial charge >= 0.3 is 5.97 Å². The molecule has 3 N–H and O–H groups in total. The molecular formula is C15H26N2O5S. The van der Waals surface area contributed by atoms with E-state index in [1.807, 2.05) is 0 Å². The number of sulfonamides is 1. The quantitative estimate of drug-likeness (QED) is 0.568. The molecule has 1 fully saturated rings. The molecule has 1 unspecified atom stereocenters. The fraction of sp³-hybridized carbons (Fsp3) is 0.733. The SMILES string of the molecule is C/C=C/CC(NC(=O)CS(=O)(=O)NC1CCC(C)CC1)C(=O)O. The van der Waals surface area contributed by atoms with Gasteiger partial charge in [-0.1, -0.05) is 19.1 Å². The second kappa shape index (κ2) is 9.02. The van der Waals surface area contributed by atoms with Crippen LogP contribution in [0.4, 0.5) is 0 Å². The number of rotatable bonds is 8. The minimum atomic E-state index is -3.76. The molecule has 7 nitrogen and oxygen atoms in total. The van der Waals surface area contributed by atoms with Crippen molar-refractivity contribution in [1.82, 2.24) is 10.0 Å². The number of carboxylic acids is 1. The van der Waals surface area contributed by atoms with E-state index in [0.29, 0.717) is 5.92 Å². The van der Waals surface area contributed by atoms with Gasteiger partial charge in [-0.2, -0.15) is 0 Å². The van der Waals surface area contributed by atoms with E-state index < -0.39 is 33.7 Å². The maximum absolute atomic E-state index is 12.0. The molecule has 1 atom stereocenters. The number of hydrogen-bond donors (Lipinski definition) is 3. The van der Waals surface area contributed by atoms with E-state index >= 15 is 0 Å². The van der Waals surface area contributed by atoms with E-state index in [-0.39, 0.29) is 12.5 Å². The Bertz CT molecular complexity index is 536. The first kappa shape index (κ1) is 19.6. The molecule has 0 aliphatic heterocycles. The molecule has 132 valence electrons. The van der Waals surface area contributed by atoms with Gasteiger partial charge < -0.3 is 10.4 Å². The highest BCUT2D eigenvalue weighted by Gasteiger charge is 2.26. The summed E-state index contributed by atoms with van der Waals surface area (Å²) in [6.45, 7) is 3.87. The molecule has 0 aromatic rings. The van der Waals surface area contributed by atoms with Gasteiger partial charge in [0.05, 0.1) is 0 Å². The molecule has 1 aliphatic rings. The van der Waals surface area contributed by atoms with Crippen LogP contribution in [-0.2, 0) is 19.6 Å². The lowest BCUT2D eigenvalue weighted by Gasteiger charge is -2.26. The molecule has 23 heavy (non-hydrogen) atoms. The van der Waals surface area contributed by atoms with Gasteiger partial charge in [0, 0.05) is 6.04 Å². The Hall–Kier alpha value is -1.41. The third-order valence-corrected chi connectivity index (χ3v) is 5.26. The Morgan fingerprint density at radius 2 is 1.87 bits per heavy atom. The number of hydrogen-bond acceptors (Lipinski definition) is 4. The summed E-state index contributed by atoms with van der Waals surface area (Å²) in [7, 11) is -3.76. The monoisotopic (exact) mass is 346 g/mol. The van der Waals surface area contributed by atoms with Crippen LogP contribution in [0.25, 0.3) is 0 Å². The summed E-state index contributed by atoms with van der Waals surface area (Å²) in [4.78, 5) is 22.9. The van der Waals surface area contributed by atoms with E-state index in [0.717, 1.165) is 25.7 Å². The van der Waals surface area contributed by atoms with Crippen molar-refractivity contribution in [1.29, 1.82) is 0 Å². The van der Waals surface area contributed by atoms with Crippen molar-refractivity contribution in [2.24, 2.45) is 5.92 Å². The van der Waals surface area contributed by atoms with Crippen LogP contribution >= 0.6 is 0 Å². The molecule has 8 heteroatoms. The summed E-state index contributed by atoms with van der Waals surface area (Å²) < 4.78 is 26.6. The minimum Gasteiger partial charge on any atom is -0.480 e. The lowest BCUT2D eigenvalue weighted by Crippen LogP contribution is -2.46. The van der Waals surface area contributed by atoms with Crippen LogP contribution in [-0.4, -0.2) is 43.2 Å². The summed E-state index contributed by atoms with van der Waals surface area (Å²) in [5.41, 5.74) is 0. The average molecular weight is 346 g/mol. The Labute approximate surface area is 137 Å². The molecule has 0 aromatic carbocycles. The van der Waals surface area contributed by atoms with Gasteiger partial charge in [-0.25, -0.2) is 17.9 Å². The second-order valence-corrected chi connectivity index (χ2v) is 7.85. The van der Waals surface area contributed by atoms with E-state index in [2.05, 4.69) is 17.0 Å². The van der Waals surface area contributed by atoms with Crippen molar-refractivity contribution >= 4 is 21.9 Å². The summed E-state index contributed by atoms with van der Waals surface area (Å²) in [5, 5.41) is 11.3. The maximum atomic E-state index is 12.0. The van der Waals surface area contributed by atoms with Crippen LogP contribution in [0.5, 0.6) is 0 Å². The van der Waals surface area contributed by atoms with Crippen molar-refractivity contribution in [3.63, 3.8) is 0 Å². The van der Waals surface area contributed by atoms with Crippen molar-refractivity contribution in [2.75, 3.05) is 5.75 Å². The fourth-order valence-electron chi connectivity index (χ4n) is 2.58. The van der Waals surface area contributed by atoms with E-state index in [1.165, 1.54) is 0 Å². The van der Waals surface area contributed by atoms with Gasteiger partial charge in [0.2, 0.25) is 15.9 Å². The van der Waals surface area contributed by atoms with Crippen LogP contribution in [0.1, 0.15) is 46.0 Å². The molecule has 0 saturated heterocycles. The molecule has 0 aromatic heterocycles. The lowest BCUT2D eigenvalue weighted by atomic mass is 9.88. The first-order chi connectivity index (χ1) is 10.7. The minimum absolute atomic E-state index is 0.117. The van der Waals surface area contributed by atoms with Gasteiger partial charge in [0.15, 0.2) is 0 Å². The third kappa shape index (κ3) is 7.60. The predicted octanol–water partition coefficient (Wildman–Crippen LogP) is 1.02. The van der Waals surface area contributed by atoms with Crippen LogP contribution in [0.2, 0.25) is 0 Å². The molecular weight excluding hydrogens is 320 g/mol. The topological polar surface area (TPSA) is 113 Å². The first-order valence-electron chi connectivity index (χ1n) is 7.87. The van der Waals surface area contributed by atoms with Crippen molar-refractivity contribution < 1.29 is 23.1 Å². The van der Waals surface area contributed by atoms with Gasteiger partial charge in [0.25, 0.3) is 0 Å². The lowest BCUT2D eigenvalue weighted by molar-refractivity contribution is -0.141. The highest BCUT2D eigenvalue weighted by atomic mass is 32.2. The van der Waals surface area contributed by atoms with Gasteiger partial charge in [-0.05, 0) is 44.9 Å². The summed E-state index contributed by atoms with van der Waals surface area (Å²) in [6.07, 6.45) is 6.85. The van der Waals surface area contributed by atoms with Crippen LogP contribution in [0, 0.1) is 5.92 Å². The molecule has 0 spiro atoms. The zero-order valence-corrected chi connectivity index (χ0v) is 14.4. The Morgan fingerprint density at radius 1 is 1.26 bits per heavy atom. The van der Waals surface area contributed by atoms with Crippen LogP contribution in [0.3, 0.4) is 0 Å². The number of allylic oxidation sites excluding steroid dienone is 1. The third-order valence-electron chi connectivity index (χ3n) is 3.92. The highest BCUT2D eigenvalue weighted by molar-refractivity contribution is 7.90. The van der Waals surface area contributed by atoms with Crippen LogP contribution in [0.15, 0.2) is 12.2 Å². The molecule has 1 rings (SSSR count). The van der Waals surface area contributed by atoms with Gasteiger partial charge in [0.1, 0.15) is 11.8 Å². The molecule has 1 amide bonds. The predicted molar refractivity (Wildman–Crippen MR) is 87.3 cm³/mol. The van der Waals surface area contributed by atoms with Crippen molar-refractivity contribution in [3.05, 3.63) is 12.2 Å². The zero-order chi connectivity index (χ0) is 17.5. The maximum Gasteiger partial charge on any atom is 0.326 e. The zero-order valence-electron chi connectivity index (χ0n) is 13.6. The van der Waals surface area contributed by atoms with Crippen molar-refractivity contribution in [2.45, 2.75) is 58.0 Å². The Kier molecular flexibility index (Phi) is 7.70.